The Bertz CT molecular complexity index is 658. The molecule has 0 saturated carbocycles. The van der Waals surface area contributed by atoms with Crippen LogP contribution in [0.4, 0.5) is 0 Å². The number of aromatic amines is 1. The molecule has 0 aliphatic rings. The lowest BCUT2D eigenvalue weighted by Gasteiger charge is -2.18. The second-order valence-electron chi connectivity index (χ2n) is 4.87. The zero-order chi connectivity index (χ0) is 13.9. The number of nitrogens with zero attached hydrogens (tertiary/aromatic N) is 1. The molecule has 2 heterocycles. The van der Waals surface area contributed by atoms with Gasteiger partial charge in [-0.3, -0.25) is 4.98 Å². The average molecular weight is 283 g/mol. The van der Waals surface area contributed by atoms with E-state index in [0.29, 0.717) is 0 Å². The fourth-order valence-corrected chi connectivity index (χ4v) is 3.34. The maximum absolute atomic E-state index is 6.14. The van der Waals surface area contributed by atoms with Crippen LogP contribution >= 0.6 is 11.8 Å². The van der Waals surface area contributed by atoms with Crippen molar-refractivity contribution in [2.75, 3.05) is 0 Å². The molecule has 0 aliphatic carbocycles. The summed E-state index contributed by atoms with van der Waals surface area (Å²) in [5, 5.41) is 2.49. The topological polar surface area (TPSA) is 54.7 Å². The minimum atomic E-state index is 0.0290. The third-order valence-electron chi connectivity index (χ3n) is 3.22. The molecule has 0 saturated heterocycles. The largest absolute Gasteiger partial charge is 0.350 e. The Balaban J connectivity index is 1.90. The molecule has 4 heteroatoms. The summed E-state index contributed by atoms with van der Waals surface area (Å²) in [6, 6.07) is 16.4. The number of rotatable bonds is 4. The van der Waals surface area contributed by atoms with Gasteiger partial charge in [0.05, 0.1) is 16.0 Å². The molecule has 2 atom stereocenters. The molecule has 0 aliphatic heterocycles. The standard InChI is InChI=1S/C16H17N3S/c1-11(17)16(14-8-4-5-9-18-14)20-15-10-12-6-2-3-7-13(12)19-15/h2-11,16,19H,17H2,1H3. The predicted molar refractivity (Wildman–Crippen MR) is 84.8 cm³/mol. The second-order valence-corrected chi connectivity index (χ2v) is 6.06. The third kappa shape index (κ3) is 2.71. The number of aromatic nitrogens is 2. The van der Waals surface area contributed by atoms with E-state index in [1.807, 2.05) is 43.5 Å². The molecule has 2 aromatic heterocycles. The van der Waals surface area contributed by atoms with Gasteiger partial charge < -0.3 is 10.7 Å². The van der Waals surface area contributed by atoms with Crippen LogP contribution in [0.3, 0.4) is 0 Å². The van der Waals surface area contributed by atoms with Gasteiger partial charge in [0, 0.05) is 23.1 Å². The van der Waals surface area contributed by atoms with Gasteiger partial charge in [-0.15, -0.1) is 0 Å². The van der Waals surface area contributed by atoms with E-state index >= 15 is 0 Å². The number of hydrogen-bond donors (Lipinski definition) is 2. The van der Waals surface area contributed by atoms with E-state index in [1.165, 1.54) is 5.39 Å². The smallest absolute Gasteiger partial charge is 0.0739 e. The van der Waals surface area contributed by atoms with Gasteiger partial charge >= 0.3 is 0 Å². The number of nitrogens with one attached hydrogen (secondary N) is 1. The van der Waals surface area contributed by atoms with Crippen molar-refractivity contribution in [3.05, 3.63) is 60.4 Å². The fraction of sp³-hybridized carbons (Fsp3) is 0.188. The van der Waals surface area contributed by atoms with Gasteiger partial charge in [0.15, 0.2) is 0 Å². The zero-order valence-electron chi connectivity index (χ0n) is 11.3. The molecule has 0 amide bonds. The summed E-state index contributed by atoms with van der Waals surface area (Å²) in [6.45, 7) is 2.02. The highest BCUT2D eigenvalue weighted by molar-refractivity contribution is 7.99. The summed E-state index contributed by atoms with van der Waals surface area (Å²) in [7, 11) is 0. The summed E-state index contributed by atoms with van der Waals surface area (Å²) in [6.07, 6.45) is 1.82. The van der Waals surface area contributed by atoms with Crippen LogP contribution in [-0.2, 0) is 0 Å². The van der Waals surface area contributed by atoms with E-state index in [2.05, 4.69) is 28.2 Å². The van der Waals surface area contributed by atoms with E-state index in [-0.39, 0.29) is 11.3 Å². The molecule has 0 fully saturated rings. The first kappa shape index (κ1) is 13.2. The van der Waals surface area contributed by atoms with Crippen molar-refractivity contribution in [3.8, 4) is 0 Å². The number of pyridine rings is 1. The van der Waals surface area contributed by atoms with E-state index in [4.69, 9.17) is 5.73 Å². The number of nitrogens with two attached hydrogens (primary N) is 1. The molecule has 102 valence electrons. The highest BCUT2D eigenvalue weighted by Crippen LogP contribution is 2.36. The fourth-order valence-electron chi connectivity index (χ4n) is 2.23. The number of para-hydroxylation sites is 1. The highest BCUT2D eigenvalue weighted by Gasteiger charge is 2.19. The molecule has 0 radical (unpaired) electrons. The number of H-pyrrole nitrogens is 1. The first-order valence-corrected chi connectivity index (χ1v) is 7.53. The van der Waals surface area contributed by atoms with Gasteiger partial charge in [-0.2, -0.15) is 0 Å². The van der Waals surface area contributed by atoms with Crippen LogP contribution in [-0.4, -0.2) is 16.0 Å². The third-order valence-corrected chi connectivity index (χ3v) is 4.61. The molecule has 3 N–H and O–H groups in total. The van der Waals surface area contributed by atoms with Crippen LogP contribution in [0.25, 0.3) is 10.9 Å². The van der Waals surface area contributed by atoms with Crippen molar-refractivity contribution in [1.29, 1.82) is 0 Å². The molecule has 0 bridgehead atoms. The molecule has 1 aromatic carbocycles. The Labute approximate surface area is 122 Å². The molecule has 3 rings (SSSR count). The monoisotopic (exact) mass is 283 g/mol. The second kappa shape index (κ2) is 5.69. The summed E-state index contributed by atoms with van der Waals surface area (Å²) in [5.41, 5.74) is 8.31. The Morgan fingerprint density at radius 1 is 1.15 bits per heavy atom. The quantitative estimate of drug-likeness (QED) is 0.717. The summed E-state index contributed by atoms with van der Waals surface area (Å²) in [4.78, 5) is 7.87. The normalized spacial score (nSPS) is 14.3. The minimum absolute atomic E-state index is 0.0290. The van der Waals surface area contributed by atoms with Gasteiger partial charge in [-0.25, -0.2) is 0 Å². The summed E-state index contributed by atoms with van der Waals surface area (Å²) in [5.74, 6) is 0. The van der Waals surface area contributed by atoms with Crippen LogP contribution in [0, 0.1) is 0 Å². The number of thioether (sulfide) groups is 1. The number of fused-ring (bicyclic) bond motifs is 1. The van der Waals surface area contributed by atoms with Crippen LogP contribution in [0.15, 0.2) is 59.8 Å². The summed E-state index contributed by atoms with van der Waals surface area (Å²) >= 11 is 1.73. The summed E-state index contributed by atoms with van der Waals surface area (Å²) < 4.78 is 0. The Kier molecular flexibility index (Phi) is 3.76. The molecule has 20 heavy (non-hydrogen) atoms. The number of hydrogen-bond acceptors (Lipinski definition) is 3. The average Bonchev–Trinajstić information content (AvgIpc) is 2.88. The van der Waals surface area contributed by atoms with Crippen LogP contribution in [0.5, 0.6) is 0 Å². The van der Waals surface area contributed by atoms with Crippen LogP contribution < -0.4 is 5.73 Å². The number of benzene rings is 1. The van der Waals surface area contributed by atoms with E-state index in [0.717, 1.165) is 16.2 Å². The maximum Gasteiger partial charge on any atom is 0.0739 e. The van der Waals surface area contributed by atoms with Gasteiger partial charge in [-0.05, 0) is 31.2 Å². The zero-order valence-corrected chi connectivity index (χ0v) is 12.1. The molecule has 0 spiro atoms. The van der Waals surface area contributed by atoms with Gasteiger partial charge in [0.25, 0.3) is 0 Å². The Hall–Kier alpha value is -1.78. The van der Waals surface area contributed by atoms with Gasteiger partial charge in [-0.1, -0.05) is 36.0 Å². The molecular weight excluding hydrogens is 266 g/mol. The van der Waals surface area contributed by atoms with Crippen molar-refractivity contribution in [1.82, 2.24) is 9.97 Å². The first-order chi connectivity index (χ1) is 9.74. The lowest BCUT2D eigenvalue weighted by molar-refractivity contribution is 0.704. The van der Waals surface area contributed by atoms with E-state index in [9.17, 15) is 0 Å². The SMILES string of the molecule is CC(N)C(Sc1cc2ccccc2[nH]1)c1ccccn1. The van der Waals surface area contributed by atoms with Crippen molar-refractivity contribution in [2.45, 2.75) is 23.2 Å². The lowest BCUT2D eigenvalue weighted by Crippen LogP contribution is -2.23. The van der Waals surface area contributed by atoms with E-state index < -0.39 is 0 Å². The van der Waals surface area contributed by atoms with Gasteiger partial charge in [0.1, 0.15) is 0 Å². The van der Waals surface area contributed by atoms with Gasteiger partial charge in [0.2, 0.25) is 0 Å². The van der Waals surface area contributed by atoms with Crippen molar-refractivity contribution in [2.24, 2.45) is 5.73 Å². The first-order valence-electron chi connectivity index (χ1n) is 6.65. The van der Waals surface area contributed by atoms with Crippen molar-refractivity contribution >= 4 is 22.7 Å². The van der Waals surface area contributed by atoms with Crippen LogP contribution in [0.1, 0.15) is 17.9 Å². The maximum atomic E-state index is 6.14. The van der Waals surface area contributed by atoms with Crippen molar-refractivity contribution in [3.63, 3.8) is 0 Å². The molecular formula is C16H17N3S. The van der Waals surface area contributed by atoms with E-state index in [1.54, 1.807) is 11.8 Å². The molecule has 3 nitrogen and oxygen atoms in total. The predicted octanol–water partition coefficient (Wildman–Crippen LogP) is 3.74. The highest BCUT2D eigenvalue weighted by atomic mass is 32.2. The Morgan fingerprint density at radius 3 is 2.65 bits per heavy atom. The lowest BCUT2D eigenvalue weighted by atomic mass is 10.2. The van der Waals surface area contributed by atoms with Crippen LogP contribution in [0.2, 0.25) is 0 Å². The Morgan fingerprint density at radius 2 is 1.95 bits per heavy atom. The van der Waals surface area contributed by atoms with Crippen molar-refractivity contribution < 1.29 is 0 Å². The molecule has 2 unspecified atom stereocenters. The molecule has 3 aromatic rings. The minimum Gasteiger partial charge on any atom is -0.350 e.